The van der Waals surface area contributed by atoms with E-state index in [4.69, 9.17) is 18.9 Å². The van der Waals surface area contributed by atoms with Gasteiger partial charge in [-0.25, -0.2) is 0 Å². The molecule has 7 aliphatic rings. The lowest BCUT2D eigenvalue weighted by atomic mass is 9.33. The Hall–Kier alpha value is -1.19. The maximum Gasteiger partial charge on any atom is 0.310 e. The molecule has 2 heterocycles. The number of carboxylic acids is 1. The Morgan fingerprint density at radius 2 is 1.43 bits per heavy atom. The number of aliphatic hydroxyl groups excluding tert-OH is 6. The molecule has 0 aromatic carbocycles. The normalized spacial score (nSPS) is 56.5. The molecule has 12 nitrogen and oxygen atoms in total. The molecule has 6 fully saturated rings. The smallest absolute Gasteiger partial charge is 0.310 e. The van der Waals surface area contributed by atoms with E-state index in [0.717, 1.165) is 51.4 Å². The van der Waals surface area contributed by atoms with Crippen molar-refractivity contribution >= 4 is 5.97 Å². The second-order valence-electron chi connectivity index (χ2n) is 19.8. The molecular weight excluding hydrogens is 684 g/mol. The van der Waals surface area contributed by atoms with Gasteiger partial charge >= 0.3 is 5.97 Å². The number of hydrogen-bond donors (Lipinski definition) is 7. The van der Waals surface area contributed by atoms with Crippen molar-refractivity contribution in [2.24, 2.45) is 56.7 Å². The van der Waals surface area contributed by atoms with Gasteiger partial charge in [0.2, 0.25) is 0 Å². The fourth-order valence-corrected chi connectivity index (χ4v) is 13.6. The lowest BCUT2D eigenvalue weighted by Gasteiger charge is -2.71. The molecule has 5 aliphatic carbocycles. The highest BCUT2D eigenvalue weighted by Crippen LogP contribution is 2.76. The van der Waals surface area contributed by atoms with Crippen LogP contribution in [0, 0.1) is 56.7 Å². The van der Waals surface area contributed by atoms with Gasteiger partial charge in [0.25, 0.3) is 0 Å². The Balaban J connectivity index is 1.15. The molecule has 0 spiro atoms. The first kappa shape index (κ1) is 40.0. The third-order valence-corrected chi connectivity index (χ3v) is 17.3. The molecule has 20 atom stereocenters. The van der Waals surface area contributed by atoms with Gasteiger partial charge in [-0.1, -0.05) is 60.1 Å². The molecule has 53 heavy (non-hydrogen) atoms. The van der Waals surface area contributed by atoms with Crippen LogP contribution in [-0.2, 0) is 23.7 Å². The highest BCUT2D eigenvalue weighted by molar-refractivity contribution is 5.76. The van der Waals surface area contributed by atoms with Crippen molar-refractivity contribution in [2.75, 3.05) is 0 Å². The molecule has 7 N–H and O–H groups in total. The summed E-state index contributed by atoms with van der Waals surface area (Å²) in [6, 6.07) is 0. The highest BCUT2D eigenvalue weighted by atomic mass is 16.8. The number of aliphatic carboxylic acids is 1. The van der Waals surface area contributed by atoms with Gasteiger partial charge in [-0.05, 0) is 116 Å². The number of rotatable bonds is 5. The first-order chi connectivity index (χ1) is 24.7. The number of allylic oxidation sites excluding steroid dienone is 2. The molecule has 0 bridgehead atoms. The molecule has 2 saturated heterocycles. The van der Waals surface area contributed by atoms with Crippen molar-refractivity contribution in [3.05, 3.63) is 11.6 Å². The van der Waals surface area contributed by atoms with Crippen LogP contribution in [0.2, 0.25) is 0 Å². The molecule has 2 aliphatic heterocycles. The molecule has 302 valence electrons. The average Bonchev–Trinajstić information content (AvgIpc) is 3.09. The third-order valence-electron chi connectivity index (χ3n) is 17.3. The maximum absolute atomic E-state index is 13.1. The van der Waals surface area contributed by atoms with E-state index in [1.165, 1.54) is 12.5 Å². The van der Waals surface area contributed by atoms with Crippen molar-refractivity contribution in [3.8, 4) is 0 Å². The van der Waals surface area contributed by atoms with Crippen LogP contribution in [0.1, 0.15) is 113 Å². The van der Waals surface area contributed by atoms with Crippen LogP contribution in [0.15, 0.2) is 11.6 Å². The monoisotopic (exact) mass is 750 g/mol. The summed E-state index contributed by atoms with van der Waals surface area (Å²) in [6.45, 7) is 17.9. The van der Waals surface area contributed by atoms with Gasteiger partial charge in [-0.3, -0.25) is 4.79 Å². The van der Waals surface area contributed by atoms with Gasteiger partial charge < -0.3 is 54.7 Å². The predicted molar refractivity (Wildman–Crippen MR) is 192 cm³/mol. The molecule has 0 amide bonds. The Morgan fingerprint density at radius 1 is 0.736 bits per heavy atom. The largest absolute Gasteiger partial charge is 0.481 e. The van der Waals surface area contributed by atoms with Crippen LogP contribution >= 0.6 is 0 Å². The predicted octanol–water partition coefficient (Wildman–Crippen LogP) is 3.72. The fourth-order valence-electron chi connectivity index (χ4n) is 13.6. The van der Waals surface area contributed by atoms with E-state index < -0.39 is 73.0 Å². The average molecular weight is 751 g/mol. The number of ether oxygens (including phenoxy) is 4. The number of aliphatic hydroxyl groups is 6. The SMILES string of the molecule is CC1CCC2(C(=O)O)CCC3(C)C(=CCC4C5(C)CCC(OC6OC(O)C(O)C(O)C6OC6OC(C)C(O)C(O)C6O)C(C)(C)C5CCC43C)C2C1C. The Kier molecular flexibility index (Phi) is 10.2. The summed E-state index contributed by atoms with van der Waals surface area (Å²) in [5, 5.41) is 74.2. The van der Waals surface area contributed by atoms with Gasteiger partial charge in [0, 0.05) is 0 Å². The summed E-state index contributed by atoms with van der Waals surface area (Å²) < 4.78 is 24.0. The topological polar surface area (TPSA) is 196 Å². The Labute approximate surface area is 314 Å². The van der Waals surface area contributed by atoms with E-state index in [1.807, 2.05) is 0 Å². The van der Waals surface area contributed by atoms with Crippen LogP contribution in [0.25, 0.3) is 0 Å². The molecule has 0 aromatic rings. The zero-order valence-electron chi connectivity index (χ0n) is 32.9. The lowest BCUT2D eigenvalue weighted by Crippen LogP contribution is -2.66. The van der Waals surface area contributed by atoms with Crippen LogP contribution < -0.4 is 0 Å². The molecule has 0 aromatic heterocycles. The van der Waals surface area contributed by atoms with E-state index in [9.17, 15) is 40.5 Å². The molecule has 4 saturated carbocycles. The first-order valence-electron chi connectivity index (χ1n) is 20.3. The van der Waals surface area contributed by atoms with E-state index in [1.54, 1.807) is 0 Å². The molecule has 7 rings (SSSR count). The van der Waals surface area contributed by atoms with Crippen molar-refractivity contribution in [1.29, 1.82) is 0 Å². The highest BCUT2D eigenvalue weighted by Gasteiger charge is 2.70. The summed E-state index contributed by atoms with van der Waals surface area (Å²) >= 11 is 0. The van der Waals surface area contributed by atoms with Crippen LogP contribution in [0.3, 0.4) is 0 Å². The van der Waals surface area contributed by atoms with Crippen molar-refractivity contribution in [2.45, 2.75) is 181 Å². The van der Waals surface area contributed by atoms with Crippen LogP contribution in [0.5, 0.6) is 0 Å². The zero-order chi connectivity index (χ0) is 38.8. The number of carboxylic acid groups (broad SMARTS) is 1. The molecule has 0 radical (unpaired) electrons. The van der Waals surface area contributed by atoms with Crippen molar-refractivity contribution in [1.82, 2.24) is 0 Å². The number of fused-ring (bicyclic) bond motifs is 7. The second kappa shape index (κ2) is 13.5. The minimum atomic E-state index is -1.75. The quantitative estimate of drug-likeness (QED) is 0.159. The van der Waals surface area contributed by atoms with Gasteiger partial charge in [0.1, 0.15) is 36.6 Å². The van der Waals surface area contributed by atoms with E-state index in [0.29, 0.717) is 24.2 Å². The summed E-state index contributed by atoms with van der Waals surface area (Å²) in [4.78, 5) is 13.1. The molecular formula is C41H66O12. The van der Waals surface area contributed by atoms with Gasteiger partial charge in [-0.2, -0.15) is 0 Å². The Bertz CT molecular complexity index is 1440. The van der Waals surface area contributed by atoms with Gasteiger partial charge in [0.05, 0.1) is 17.6 Å². The van der Waals surface area contributed by atoms with E-state index >= 15 is 0 Å². The second-order valence-corrected chi connectivity index (χ2v) is 19.8. The summed E-state index contributed by atoms with van der Waals surface area (Å²) in [6.07, 6.45) is -4.92. The Morgan fingerprint density at radius 3 is 2.11 bits per heavy atom. The third kappa shape index (κ3) is 5.69. The van der Waals surface area contributed by atoms with Gasteiger partial charge in [-0.15, -0.1) is 0 Å². The number of hydrogen-bond acceptors (Lipinski definition) is 11. The van der Waals surface area contributed by atoms with Crippen LogP contribution in [0.4, 0.5) is 0 Å². The van der Waals surface area contributed by atoms with E-state index in [-0.39, 0.29) is 39.6 Å². The van der Waals surface area contributed by atoms with Crippen molar-refractivity contribution in [3.63, 3.8) is 0 Å². The maximum atomic E-state index is 13.1. The van der Waals surface area contributed by atoms with Gasteiger partial charge in [0.15, 0.2) is 18.9 Å². The fraction of sp³-hybridized carbons (Fsp3) is 0.927. The number of carbonyl (C=O) groups is 1. The minimum Gasteiger partial charge on any atom is -0.481 e. The standard InChI is InChI=1S/C41H66O12/c1-19-11-16-41(36(48)49)18-17-39(7)22(26(41)20(19)2)9-10-24-38(6)14-13-25(37(4,5)23(38)12-15-40(24,39)8)51-35-32(29(44)30(45)33(47)53-35)52-34-31(46)28(43)27(42)21(3)50-34/h9,19-21,23-35,42-47H,10-18H2,1-8H3,(H,48,49). The first-order valence-corrected chi connectivity index (χ1v) is 20.3. The zero-order valence-corrected chi connectivity index (χ0v) is 32.9. The summed E-state index contributed by atoms with van der Waals surface area (Å²) in [5.41, 5.74) is 0.192. The van der Waals surface area contributed by atoms with Crippen LogP contribution in [-0.4, -0.2) is 109 Å². The summed E-state index contributed by atoms with van der Waals surface area (Å²) in [5.74, 6) is 0.862. The van der Waals surface area contributed by atoms with E-state index in [2.05, 4.69) is 54.5 Å². The molecule has 20 unspecified atom stereocenters. The molecule has 12 heteroatoms. The van der Waals surface area contributed by atoms with Crippen molar-refractivity contribution < 1.29 is 59.5 Å². The summed E-state index contributed by atoms with van der Waals surface area (Å²) in [7, 11) is 0. The lowest BCUT2D eigenvalue weighted by molar-refractivity contribution is -0.394. The minimum absolute atomic E-state index is 0.0109.